The fourth-order valence-electron chi connectivity index (χ4n) is 1.98. The van der Waals surface area contributed by atoms with Gasteiger partial charge in [0, 0.05) is 38.9 Å². The number of hydrogen-bond acceptors (Lipinski definition) is 3. The molecule has 2 heterocycles. The van der Waals surface area contributed by atoms with Crippen LogP contribution in [0.2, 0.25) is 0 Å². The predicted octanol–water partition coefficient (Wildman–Crippen LogP) is 0.730. The highest BCUT2D eigenvalue weighted by molar-refractivity contribution is 4.99. The van der Waals surface area contributed by atoms with E-state index in [0.29, 0.717) is 12.1 Å². The predicted molar refractivity (Wildman–Crippen MR) is 58.7 cm³/mol. The van der Waals surface area contributed by atoms with Crippen LogP contribution in [0.1, 0.15) is 19.0 Å². The Balaban J connectivity index is 1.70. The minimum Gasteiger partial charge on any atom is -0.377 e. The van der Waals surface area contributed by atoms with Gasteiger partial charge in [-0.3, -0.25) is 4.68 Å². The van der Waals surface area contributed by atoms with Gasteiger partial charge in [-0.1, -0.05) is 0 Å². The highest BCUT2D eigenvalue weighted by Crippen LogP contribution is 2.12. The number of hydrogen-bond donors (Lipinski definition) is 1. The zero-order valence-corrected chi connectivity index (χ0v) is 9.44. The molecule has 1 aromatic heterocycles. The Morgan fingerprint density at radius 1 is 1.67 bits per heavy atom. The van der Waals surface area contributed by atoms with Crippen molar-refractivity contribution in [3.05, 3.63) is 18.0 Å². The molecule has 2 rings (SSSR count). The summed E-state index contributed by atoms with van der Waals surface area (Å²) in [4.78, 5) is 0. The van der Waals surface area contributed by atoms with E-state index in [0.717, 1.165) is 31.7 Å². The van der Waals surface area contributed by atoms with Crippen LogP contribution in [0.25, 0.3) is 0 Å². The van der Waals surface area contributed by atoms with Crippen molar-refractivity contribution in [3.63, 3.8) is 0 Å². The maximum atomic E-state index is 5.49. The van der Waals surface area contributed by atoms with Gasteiger partial charge in [-0.05, 0) is 19.4 Å². The van der Waals surface area contributed by atoms with Crippen LogP contribution < -0.4 is 5.32 Å². The van der Waals surface area contributed by atoms with Crippen LogP contribution in [-0.2, 0) is 18.2 Å². The number of aryl methyl sites for hydroxylation is 1. The number of rotatable bonds is 4. The molecule has 1 saturated heterocycles. The Kier molecular flexibility index (Phi) is 3.38. The highest BCUT2D eigenvalue weighted by Gasteiger charge is 2.22. The molecule has 4 heteroatoms. The van der Waals surface area contributed by atoms with E-state index in [9.17, 15) is 0 Å². The van der Waals surface area contributed by atoms with Crippen LogP contribution in [0, 0.1) is 0 Å². The van der Waals surface area contributed by atoms with Crippen molar-refractivity contribution in [2.24, 2.45) is 7.05 Å². The van der Waals surface area contributed by atoms with Gasteiger partial charge >= 0.3 is 0 Å². The average molecular weight is 209 g/mol. The molecule has 2 atom stereocenters. The monoisotopic (exact) mass is 209 g/mol. The summed E-state index contributed by atoms with van der Waals surface area (Å²) < 4.78 is 7.33. The Bertz CT molecular complexity index is 311. The molecular formula is C11H19N3O. The van der Waals surface area contributed by atoms with Crippen molar-refractivity contribution in [2.45, 2.75) is 31.9 Å². The summed E-state index contributed by atoms with van der Waals surface area (Å²) in [7, 11) is 1.95. The van der Waals surface area contributed by atoms with E-state index in [2.05, 4.69) is 23.4 Å². The highest BCUT2D eigenvalue weighted by atomic mass is 16.5. The molecule has 0 amide bonds. The zero-order chi connectivity index (χ0) is 10.7. The summed E-state index contributed by atoms with van der Waals surface area (Å²) in [5.41, 5.74) is 1.15. The molecule has 0 aliphatic carbocycles. The molecule has 4 nitrogen and oxygen atoms in total. The third kappa shape index (κ3) is 2.79. The van der Waals surface area contributed by atoms with Crippen molar-refractivity contribution in [3.8, 4) is 0 Å². The van der Waals surface area contributed by atoms with Gasteiger partial charge in [0.05, 0.1) is 11.8 Å². The molecule has 1 N–H and O–H groups in total. The minimum absolute atomic E-state index is 0.355. The lowest BCUT2D eigenvalue weighted by atomic mass is 10.1. The van der Waals surface area contributed by atoms with Crippen LogP contribution in [-0.4, -0.2) is 35.1 Å². The molecule has 0 radical (unpaired) electrons. The Morgan fingerprint density at radius 2 is 2.53 bits per heavy atom. The third-order valence-corrected chi connectivity index (χ3v) is 2.93. The number of ether oxygens (including phenoxy) is 1. The summed E-state index contributed by atoms with van der Waals surface area (Å²) in [5.74, 6) is 0. The summed E-state index contributed by atoms with van der Waals surface area (Å²) in [6.07, 6.45) is 4.46. The normalized spacial score (nSPS) is 26.0. The van der Waals surface area contributed by atoms with E-state index < -0.39 is 0 Å². The van der Waals surface area contributed by atoms with Gasteiger partial charge in [-0.25, -0.2) is 0 Å². The number of aromatic nitrogens is 2. The molecule has 0 bridgehead atoms. The summed E-state index contributed by atoms with van der Waals surface area (Å²) in [6.45, 7) is 4.00. The molecule has 15 heavy (non-hydrogen) atoms. The van der Waals surface area contributed by atoms with Gasteiger partial charge in [-0.15, -0.1) is 0 Å². The average Bonchev–Trinajstić information content (AvgIpc) is 2.77. The molecule has 0 saturated carbocycles. The van der Waals surface area contributed by atoms with E-state index in [1.807, 2.05) is 17.9 Å². The Hall–Kier alpha value is -0.870. The second kappa shape index (κ2) is 4.77. The molecule has 0 aromatic carbocycles. The van der Waals surface area contributed by atoms with Crippen molar-refractivity contribution in [1.29, 1.82) is 0 Å². The lowest BCUT2D eigenvalue weighted by Gasteiger charge is -2.15. The zero-order valence-electron chi connectivity index (χ0n) is 9.44. The van der Waals surface area contributed by atoms with Crippen LogP contribution >= 0.6 is 0 Å². The fourth-order valence-corrected chi connectivity index (χ4v) is 1.98. The van der Waals surface area contributed by atoms with Crippen molar-refractivity contribution >= 4 is 0 Å². The van der Waals surface area contributed by atoms with E-state index in [4.69, 9.17) is 4.74 Å². The van der Waals surface area contributed by atoms with Crippen molar-refractivity contribution in [1.82, 2.24) is 15.1 Å². The van der Waals surface area contributed by atoms with Crippen molar-refractivity contribution < 1.29 is 4.74 Å². The summed E-state index contributed by atoms with van der Waals surface area (Å²) >= 11 is 0. The molecule has 2 unspecified atom stereocenters. The fraction of sp³-hybridized carbons (Fsp3) is 0.727. The number of nitrogens with zero attached hydrogens (tertiary/aromatic N) is 2. The molecule has 1 aliphatic rings. The third-order valence-electron chi connectivity index (χ3n) is 2.93. The molecule has 84 valence electrons. The van der Waals surface area contributed by atoms with Gasteiger partial charge in [0.15, 0.2) is 0 Å². The summed E-state index contributed by atoms with van der Waals surface area (Å²) in [5, 5.41) is 7.85. The smallest absolute Gasteiger partial charge is 0.0700 e. The Morgan fingerprint density at radius 3 is 3.13 bits per heavy atom. The first-order valence-electron chi connectivity index (χ1n) is 5.59. The second-order valence-electron chi connectivity index (χ2n) is 4.16. The standard InChI is InChI=1S/C11H19N3O/c1-9-11(5-8-15-9)12-6-3-10-4-7-14(2)13-10/h4,7,9,11-12H,3,5-6,8H2,1-2H3. The Labute approximate surface area is 90.6 Å². The quantitative estimate of drug-likeness (QED) is 0.794. The molecule has 1 aromatic rings. The van der Waals surface area contributed by atoms with Crippen molar-refractivity contribution in [2.75, 3.05) is 13.2 Å². The van der Waals surface area contributed by atoms with Gasteiger partial charge in [0.2, 0.25) is 0 Å². The lowest BCUT2D eigenvalue weighted by molar-refractivity contribution is 0.113. The van der Waals surface area contributed by atoms with Gasteiger partial charge in [0.25, 0.3) is 0 Å². The molecule has 1 aliphatic heterocycles. The molecule has 1 fully saturated rings. The van der Waals surface area contributed by atoms with Crippen LogP contribution in [0.5, 0.6) is 0 Å². The van der Waals surface area contributed by atoms with E-state index in [-0.39, 0.29) is 0 Å². The van der Waals surface area contributed by atoms with Gasteiger partial charge in [-0.2, -0.15) is 5.10 Å². The van der Waals surface area contributed by atoms with Crippen LogP contribution in [0.3, 0.4) is 0 Å². The largest absolute Gasteiger partial charge is 0.377 e. The van der Waals surface area contributed by atoms with Gasteiger partial charge in [0.1, 0.15) is 0 Å². The molecule has 0 spiro atoms. The summed E-state index contributed by atoms with van der Waals surface area (Å²) in [6, 6.07) is 2.59. The minimum atomic E-state index is 0.355. The van der Waals surface area contributed by atoms with E-state index in [1.54, 1.807) is 0 Å². The second-order valence-corrected chi connectivity index (χ2v) is 4.16. The first-order chi connectivity index (χ1) is 7.25. The first kappa shape index (κ1) is 10.6. The first-order valence-corrected chi connectivity index (χ1v) is 5.59. The van der Waals surface area contributed by atoms with Gasteiger partial charge < -0.3 is 10.1 Å². The van der Waals surface area contributed by atoms with E-state index in [1.165, 1.54) is 0 Å². The van der Waals surface area contributed by atoms with Crippen LogP contribution in [0.15, 0.2) is 12.3 Å². The van der Waals surface area contributed by atoms with Crippen LogP contribution in [0.4, 0.5) is 0 Å². The SMILES string of the molecule is CC1OCCC1NCCc1ccn(C)n1. The molecular weight excluding hydrogens is 190 g/mol. The topological polar surface area (TPSA) is 39.1 Å². The maximum absolute atomic E-state index is 5.49. The maximum Gasteiger partial charge on any atom is 0.0700 e. The van der Waals surface area contributed by atoms with E-state index >= 15 is 0 Å². The number of nitrogens with one attached hydrogen (secondary N) is 1. The lowest BCUT2D eigenvalue weighted by Crippen LogP contribution is -2.35.